The van der Waals surface area contributed by atoms with Gasteiger partial charge in [-0.15, -0.1) is 11.3 Å². The Morgan fingerprint density at radius 3 is 2.68 bits per heavy atom. The van der Waals surface area contributed by atoms with Crippen LogP contribution in [0.4, 0.5) is 5.00 Å². The van der Waals surface area contributed by atoms with E-state index in [1.54, 1.807) is 6.92 Å². The maximum atomic E-state index is 11.8. The number of thiophene rings is 1. The number of carboxylic acid groups (broad SMARTS) is 1. The van der Waals surface area contributed by atoms with Gasteiger partial charge in [-0.1, -0.05) is 0 Å². The molecule has 104 valence electrons. The molecule has 6 heteroatoms. The van der Waals surface area contributed by atoms with Crippen LogP contribution in [-0.4, -0.2) is 30.2 Å². The Balaban J connectivity index is 2.32. The number of ether oxygens (including phenoxy) is 1. The average Bonchev–Trinajstić information content (AvgIpc) is 2.75. The van der Waals surface area contributed by atoms with E-state index in [0.717, 1.165) is 36.1 Å². The summed E-state index contributed by atoms with van der Waals surface area (Å²) in [5.74, 6) is -1.29. The molecule has 1 atom stereocenters. The van der Waals surface area contributed by atoms with E-state index in [9.17, 15) is 14.7 Å². The average molecular weight is 283 g/mol. The Bertz CT molecular complexity index is 509. The van der Waals surface area contributed by atoms with Gasteiger partial charge in [0.25, 0.3) is 5.91 Å². The number of methoxy groups -OCH3 is 1. The third-order valence-electron chi connectivity index (χ3n) is 3.34. The maximum absolute atomic E-state index is 11.8. The topological polar surface area (TPSA) is 75.6 Å². The number of nitrogens with one attached hydrogen (secondary N) is 1. The molecule has 1 heterocycles. The summed E-state index contributed by atoms with van der Waals surface area (Å²) in [4.78, 5) is 24.3. The number of aryl methyl sites for hydroxylation is 1. The fourth-order valence-corrected chi connectivity index (χ4v) is 3.49. The number of fused-ring (bicyclic) bond motifs is 1. The summed E-state index contributed by atoms with van der Waals surface area (Å²) in [5, 5.41) is 12.5. The van der Waals surface area contributed by atoms with Crippen molar-refractivity contribution in [2.24, 2.45) is 0 Å². The smallest absolute Gasteiger partial charge is 0.339 e. The van der Waals surface area contributed by atoms with Gasteiger partial charge < -0.3 is 15.2 Å². The number of hydrogen-bond acceptors (Lipinski definition) is 4. The molecule has 2 N–H and O–H groups in total. The predicted molar refractivity (Wildman–Crippen MR) is 73.0 cm³/mol. The Labute approximate surface area is 115 Å². The molecule has 0 spiro atoms. The molecule has 1 aliphatic rings. The van der Waals surface area contributed by atoms with Crippen molar-refractivity contribution in [1.82, 2.24) is 0 Å². The first-order chi connectivity index (χ1) is 9.04. The van der Waals surface area contributed by atoms with Crippen LogP contribution in [-0.2, 0) is 22.4 Å². The SMILES string of the molecule is COC(C)C(=O)Nc1sc2c(c1C(=O)O)CCCC2. The van der Waals surface area contributed by atoms with Gasteiger partial charge in [0.05, 0.1) is 5.56 Å². The van der Waals surface area contributed by atoms with Crippen molar-refractivity contribution >= 4 is 28.2 Å². The Kier molecular flexibility index (Phi) is 4.21. The molecule has 2 rings (SSSR count). The molecule has 5 nitrogen and oxygen atoms in total. The van der Waals surface area contributed by atoms with Crippen molar-refractivity contribution in [3.63, 3.8) is 0 Å². The largest absolute Gasteiger partial charge is 0.478 e. The number of anilines is 1. The van der Waals surface area contributed by atoms with Crippen LogP contribution in [0.15, 0.2) is 0 Å². The number of aromatic carboxylic acids is 1. The van der Waals surface area contributed by atoms with E-state index in [1.165, 1.54) is 18.4 Å². The number of hydrogen-bond donors (Lipinski definition) is 2. The molecule has 0 radical (unpaired) electrons. The molecule has 1 aliphatic carbocycles. The van der Waals surface area contributed by atoms with Crippen LogP contribution in [0.3, 0.4) is 0 Å². The van der Waals surface area contributed by atoms with E-state index in [0.29, 0.717) is 5.00 Å². The third-order valence-corrected chi connectivity index (χ3v) is 4.55. The summed E-state index contributed by atoms with van der Waals surface area (Å²) >= 11 is 1.38. The first-order valence-electron chi connectivity index (χ1n) is 6.26. The molecule has 0 aromatic carbocycles. The fourth-order valence-electron chi connectivity index (χ4n) is 2.20. The first kappa shape index (κ1) is 14.0. The van der Waals surface area contributed by atoms with Crippen LogP contribution < -0.4 is 5.32 Å². The van der Waals surface area contributed by atoms with Crippen molar-refractivity contribution in [3.05, 3.63) is 16.0 Å². The van der Waals surface area contributed by atoms with Gasteiger partial charge >= 0.3 is 5.97 Å². The molecule has 0 saturated carbocycles. The Morgan fingerprint density at radius 2 is 2.05 bits per heavy atom. The highest BCUT2D eigenvalue weighted by atomic mass is 32.1. The van der Waals surface area contributed by atoms with Crippen LogP contribution in [0.25, 0.3) is 0 Å². The van der Waals surface area contributed by atoms with Crippen molar-refractivity contribution in [3.8, 4) is 0 Å². The summed E-state index contributed by atoms with van der Waals surface area (Å²) in [6.07, 6.45) is 3.17. The second kappa shape index (κ2) is 5.71. The summed E-state index contributed by atoms with van der Waals surface area (Å²) in [5.41, 5.74) is 1.15. The molecule has 0 bridgehead atoms. The van der Waals surface area contributed by atoms with Gasteiger partial charge in [0.15, 0.2) is 0 Å². The molecule has 1 unspecified atom stereocenters. The Hall–Kier alpha value is -1.40. The van der Waals surface area contributed by atoms with E-state index in [2.05, 4.69) is 5.32 Å². The lowest BCUT2D eigenvalue weighted by Gasteiger charge is -2.11. The van der Waals surface area contributed by atoms with Crippen LogP contribution in [0.1, 0.15) is 40.6 Å². The van der Waals surface area contributed by atoms with E-state index >= 15 is 0 Å². The number of rotatable bonds is 4. The third kappa shape index (κ3) is 2.79. The highest BCUT2D eigenvalue weighted by Gasteiger charge is 2.26. The lowest BCUT2D eigenvalue weighted by Crippen LogP contribution is -2.26. The minimum Gasteiger partial charge on any atom is -0.478 e. The van der Waals surface area contributed by atoms with Crippen LogP contribution in [0.5, 0.6) is 0 Å². The van der Waals surface area contributed by atoms with E-state index in [4.69, 9.17) is 4.74 Å². The second-order valence-electron chi connectivity index (χ2n) is 4.59. The number of amides is 1. The molecule has 19 heavy (non-hydrogen) atoms. The first-order valence-corrected chi connectivity index (χ1v) is 7.07. The standard InChI is InChI=1S/C13H17NO4S/c1-7(18-2)11(15)14-12-10(13(16)17)8-5-3-4-6-9(8)19-12/h7H,3-6H2,1-2H3,(H,14,15)(H,16,17). The molecule has 0 fully saturated rings. The fraction of sp³-hybridized carbons (Fsp3) is 0.538. The van der Waals surface area contributed by atoms with Crippen molar-refractivity contribution in [1.29, 1.82) is 0 Å². The van der Waals surface area contributed by atoms with Crippen LogP contribution in [0, 0.1) is 0 Å². The van der Waals surface area contributed by atoms with Gasteiger partial charge in [0.1, 0.15) is 11.1 Å². The van der Waals surface area contributed by atoms with E-state index < -0.39 is 12.1 Å². The molecule has 0 aliphatic heterocycles. The van der Waals surface area contributed by atoms with Gasteiger partial charge in [0.2, 0.25) is 0 Å². The van der Waals surface area contributed by atoms with Crippen molar-refractivity contribution in [2.45, 2.75) is 38.7 Å². The minimum absolute atomic E-state index is 0.261. The molecule has 1 amide bonds. The molecule has 0 saturated heterocycles. The normalized spacial score (nSPS) is 15.7. The highest BCUT2D eigenvalue weighted by Crippen LogP contribution is 2.38. The molecule has 1 aromatic heterocycles. The van der Waals surface area contributed by atoms with Gasteiger partial charge in [0, 0.05) is 12.0 Å². The monoisotopic (exact) mass is 283 g/mol. The summed E-state index contributed by atoms with van der Waals surface area (Å²) in [6, 6.07) is 0. The van der Waals surface area contributed by atoms with Crippen LogP contribution in [0.2, 0.25) is 0 Å². The quantitative estimate of drug-likeness (QED) is 0.889. The number of carbonyl (C=O) groups excluding carboxylic acids is 1. The van der Waals surface area contributed by atoms with Gasteiger partial charge in [-0.2, -0.15) is 0 Å². The van der Waals surface area contributed by atoms with Gasteiger partial charge in [-0.3, -0.25) is 4.79 Å². The zero-order chi connectivity index (χ0) is 14.0. The number of carbonyl (C=O) groups is 2. The summed E-state index contributed by atoms with van der Waals surface area (Å²) in [7, 11) is 1.45. The summed E-state index contributed by atoms with van der Waals surface area (Å²) < 4.78 is 4.93. The maximum Gasteiger partial charge on any atom is 0.339 e. The minimum atomic E-state index is -0.972. The van der Waals surface area contributed by atoms with Crippen molar-refractivity contribution < 1.29 is 19.4 Å². The zero-order valence-corrected chi connectivity index (χ0v) is 11.8. The predicted octanol–water partition coefficient (Wildman–Crippen LogP) is 2.30. The van der Waals surface area contributed by atoms with Crippen LogP contribution >= 0.6 is 11.3 Å². The highest BCUT2D eigenvalue weighted by molar-refractivity contribution is 7.17. The Morgan fingerprint density at radius 1 is 1.37 bits per heavy atom. The van der Waals surface area contributed by atoms with Crippen molar-refractivity contribution in [2.75, 3.05) is 12.4 Å². The van der Waals surface area contributed by atoms with Gasteiger partial charge in [-0.25, -0.2) is 4.79 Å². The van der Waals surface area contributed by atoms with E-state index in [1.807, 2.05) is 0 Å². The second-order valence-corrected chi connectivity index (χ2v) is 5.69. The zero-order valence-electron chi connectivity index (χ0n) is 11.0. The lowest BCUT2D eigenvalue weighted by atomic mass is 9.95. The molecular formula is C13H17NO4S. The molecular weight excluding hydrogens is 266 g/mol. The van der Waals surface area contributed by atoms with E-state index in [-0.39, 0.29) is 11.5 Å². The van der Waals surface area contributed by atoms with Gasteiger partial charge in [-0.05, 0) is 38.2 Å². The molecule has 1 aromatic rings. The summed E-state index contributed by atoms with van der Waals surface area (Å²) in [6.45, 7) is 1.63. The lowest BCUT2D eigenvalue weighted by molar-refractivity contribution is -0.124. The number of carboxylic acids is 1.